The van der Waals surface area contributed by atoms with Crippen molar-refractivity contribution in [2.24, 2.45) is 5.92 Å². The van der Waals surface area contributed by atoms with Crippen molar-refractivity contribution < 1.29 is 13.9 Å². The third kappa shape index (κ3) is 5.65. The van der Waals surface area contributed by atoms with Crippen LogP contribution in [0.3, 0.4) is 0 Å². The maximum Gasteiger partial charge on any atom is 0.223 e. The number of carbonyl (C=O) groups excluding carboxylic acids is 1. The summed E-state index contributed by atoms with van der Waals surface area (Å²) in [7, 11) is 1.70. The van der Waals surface area contributed by atoms with Crippen LogP contribution in [0.25, 0.3) is 0 Å². The average Bonchev–Trinajstić information content (AvgIpc) is 2.75. The van der Waals surface area contributed by atoms with Gasteiger partial charge in [-0.1, -0.05) is 32.0 Å². The topological polar surface area (TPSA) is 41.6 Å². The van der Waals surface area contributed by atoms with E-state index in [2.05, 4.69) is 43.1 Å². The van der Waals surface area contributed by atoms with E-state index < -0.39 is 0 Å². The number of nitrogens with zero attached hydrogens (tertiary/aromatic N) is 1. The highest BCUT2D eigenvalue weighted by Gasteiger charge is 2.27. The van der Waals surface area contributed by atoms with Crippen LogP contribution in [0.15, 0.2) is 36.4 Å². The van der Waals surface area contributed by atoms with Gasteiger partial charge in [0.25, 0.3) is 0 Å². The third-order valence-electron chi connectivity index (χ3n) is 6.38. The van der Waals surface area contributed by atoms with Crippen LogP contribution in [-0.2, 0) is 11.3 Å². The van der Waals surface area contributed by atoms with E-state index in [1.54, 1.807) is 13.2 Å². The smallest absolute Gasteiger partial charge is 0.223 e. The van der Waals surface area contributed by atoms with E-state index in [4.69, 9.17) is 4.74 Å². The first kappa shape index (κ1) is 23.3. The molecular formula is C26H35FN2O2. The molecule has 4 nitrogen and oxygen atoms in total. The fourth-order valence-corrected chi connectivity index (χ4v) is 4.44. The maximum absolute atomic E-state index is 13.9. The molecule has 0 radical (unpaired) electrons. The van der Waals surface area contributed by atoms with Gasteiger partial charge in [-0.3, -0.25) is 9.69 Å². The number of ether oxygens (including phenoxy) is 1. The minimum atomic E-state index is -0.160. The molecule has 1 aliphatic rings. The fourth-order valence-electron chi connectivity index (χ4n) is 4.44. The highest BCUT2D eigenvalue weighted by atomic mass is 19.1. The van der Waals surface area contributed by atoms with Crippen molar-refractivity contribution in [3.8, 4) is 5.75 Å². The number of amides is 1. The van der Waals surface area contributed by atoms with Gasteiger partial charge in [-0.25, -0.2) is 4.39 Å². The third-order valence-corrected chi connectivity index (χ3v) is 6.38. The van der Waals surface area contributed by atoms with Crippen molar-refractivity contribution in [1.82, 2.24) is 10.2 Å². The second-order valence-corrected chi connectivity index (χ2v) is 8.98. The molecule has 0 spiro atoms. The van der Waals surface area contributed by atoms with Crippen LogP contribution in [0.1, 0.15) is 67.8 Å². The minimum absolute atomic E-state index is 0.00226. The Labute approximate surface area is 185 Å². The number of carbonyl (C=O) groups is 1. The van der Waals surface area contributed by atoms with E-state index >= 15 is 0 Å². The molecule has 1 amide bonds. The highest BCUT2D eigenvalue weighted by molar-refractivity contribution is 5.79. The Balaban J connectivity index is 1.58. The van der Waals surface area contributed by atoms with Gasteiger partial charge in [0.2, 0.25) is 5.91 Å². The lowest BCUT2D eigenvalue weighted by atomic mass is 9.92. The second-order valence-electron chi connectivity index (χ2n) is 8.98. The van der Waals surface area contributed by atoms with Crippen molar-refractivity contribution in [2.45, 2.75) is 59.0 Å². The number of methoxy groups -OCH3 is 1. The number of hydrogen-bond acceptors (Lipinski definition) is 3. The molecule has 2 aromatic carbocycles. The molecule has 0 aliphatic carbocycles. The number of likely N-dealkylation sites (tertiary alicyclic amines) is 1. The molecule has 168 valence electrons. The fraction of sp³-hybridized carbons (Fsp3) is 0.500. The van der Waals surface area contributed by atoms with Gasteiger partial charge in [0, 0.05) is 18.0 Å². The van der Waals surface area contributed by atoms with Crippen LogP contribution in [0.5, 0.6) is 5.75 Å². The molecule has 3 rings (SSSR count). The zero-order valence-corrected chi connectivity index (χ0v) is 19.4. The number of nitrogens with one attached hydrogen (secondary N) is 1. The first-order chi connectivity index (χ1) is 14.8. The van der Waals surface area contributed by atoms with Crippen LogP contribution >= 0.6 is 0 Å². The molecule has 0 saturated carbocycles. The Morgan fingerprint density at radius 3 is 2.45 bits per heavy atom. The molecule has 1 heterocycles. The van der Waals surface area contributed by atoms with Crippen LogP contribution in [0, 0.1) is 18.7 Å². The Kier molecular flexibility index (Phi) is 7.71. The Hall–Kier alpha value is -2.40. The van der Waals surface area contributed by atoms with Crippen LogP contribution in [0.4, 0.5) is 4.39 Å². The van der Waals surface area contributed by atoms with Gasteiger partial charge in [-0.05, 0) is 80.6 Å². The van der Waals surface area contributed by atoms with Gasteiger partial charge >= 0.3 is 0 Å². The zero-order valence-electron chi connectivity index (χ0n) is 19.4. The second kappa shape index (κ2) is 10.3. The standard InChI is InChI=1S/C26H35FN2O2/c1-17(2)22-15-23(18(3)14-25(22)31-5)19(4)28-26(30)20-10-12-29(13-11-20)16-21-8-6-7-9-24(21)27/h6-9,14-15,17,19-20H,10-13,16H2,1-5H3,(H,28,30)/t19-/m1/s1. The van der Waals surface area contributed by atoms with E-state index in [1.807, 2.05) is 19.1 Å². The molecule has 0 aromatic heterocycles. The molecule has 1 aliphatic heterocycles. The van der Waals surface area contributed by atoms with E-state index in [9.17, 15) is 9.18 Å². The van der Waals surface area contributed by atoms with Gasteiger partial charge in [-0.2, -0.15) is 0 Å². The summed E-state index contributed by atoms with van der Waals surface area (Å²) in [6, 6.07) is 11.1. The van der Waals surface area contributed by atoms with Crippen LogP contribution in [-0.4, -0.2) is 31.0 Å². The molecule has 1 atom stereocenters. The summed E-state index contributed by atoms with van der Waals surface area (Å²) in [5.41, 5.74) is 4.13. The number of halogens is 1. The van der Waals surface area contributed by atoms with Crippen LogP contribution in [0.2, 0.25) is 0 Å². The summed E-state index contributed by atoms with van der Waals surface area (Å²) in [5, 5.41) is 3.23. The predicted octanol–water partition coefficient (Wildman–Crippen LogP) is 5.36. The normalized spacial score (nSPS) is 16.4. The molecule has 2 aromatic rings. The van der Waals surface area contributed by atoms with E-state index in [0.29, 0.717) is 12.5 Å². The highest BCUT2D eigenvalue weighted by Crippen LogP contribution is 2.32. The Morgan fingerprint density at radius 1 is 1.16 bits per heavy atom. The zero-order chi connectivity index (χ0) is 22.5. The van der Waals surface area contributed by atoms with Gasteiger partial charge in [-0.15, -0.1) is 0 Å². The van der Waals surface area contributed by atoms with E-state index in [0.717, 1.165) is 53.9 Å². The van der Waals surface area contributed by atoms with Gasteiger partial charge < -0.3 is 10.1 Å². The summed E-state index contributed by atoms with van der Waals surface area (Å²) in [4.78, 5) is 15.2. The van der Waals surface area contributed by atoms with Crippen molar-refractivity contribution in [1.29, 1.82) is 0 Å². The van der Waals surface area contributed by atoms with E-state index in [1.165, 1.54) is 6.07 Å². The summed E-state index contributed by atoms with van der Waals surface area (Å²) in [5.74, 6) is 1.20. The monoisotopic (exact) mass is 426 g/mol. The van der Waals surface area contributed by atoms with Crippen molar-refractivity contribution >= 4 is 5.91 Å². The summed E-state index contributed by atoms with van der Waals surface area (Å²) >= 11 is 0. The van der Waals surface area contributed by atoms with Crippen molar-refractivity contribution in [2.75, 3.05) is 20.2 Å². The number of rotatable bonds is 7. The lowest BCUT2D eigenvalue weighted by Gasteiger charge is -2.32. The Morgan fingerprint density at radius 2 is 1.84 bits per heavy atom. The number of piperidine rings is 1. The first-order valence-electron chi connectivity index (χ1n) is 11.2. The van der Waals surface area contributed by atoms with Crippen LogP contribution < -0.4 is 10.1 Å². The minimum Gasteiger partial charge on any atom is -0.496 e. The molecule has 0 unspecified atom stereocenters. The molecule has 5 heteroatoms. The number of hydrogen-bond donors (Lipinski definition) is 1. The maximum atomic E-state index is 13.9. The quantitative estimate of drug-likeness (QED) is 0.648. The van der Waals surface area contributed by atoms with Gasteiger partial charge in [0.05, 0.1) is 13.2 Å². The summed E-state index contributed by atoms with van der Waals surface area (Å²) in [6.07, 6.45) is 1.59. The lowest BCUT2D eigenvalue weighted by molar-refractivity contribution is -0.127. The molecule has 1 N–H and O–H groups in total. The number of aryl methyl sites for hydroxylation is 1. The van der Waals surface area contributed by atoms with Crippen molar-refractivity contribution in [3.63, 3.8) is 0 Å². The van der Waals surface area contributed by atoms with Gasteiger partial charge in [0.15, 0.2) is 0 Å². The largest absolute Gasteiger partial charge is 0.496 e. The molecule has 0 bridgehead atoms. The molecule has 31 heavy (non-hydrogen) atoms. The Bertz CT molecular complexity index is 904. The molecule has 1 fully saturated rings. The first-order valence-corrected chi connectivity index (χ1v) is 11.2. The van der Waals surface area contributed by atoms with Gasteiger partial charge in [0.1, 0.15) is 11.6 Å². The van der Waals surface area contributed by atoms with E-state index in [-0.39, 0.29) is 23.7 Å². The summed E-state index contributed by atoms with van der Waals surface area (Å²) in [6.45, 7) is 10.6. The van der Waals surface area contributed by atoms with Crippen molar-refractivity contribution in [3.05, 3.63) is 64.5 Å². The molecule has 1 saturated heterocycles. The summed E-state index contributed by atoms with van der Waals surface area (Å²) < 4.78 is 19.5. The SMILES string of the molecule is COc1cc(C)c([C@@H](C)NC(=O)C2CCN(Cc3ccccc3F)CC2)cc1C(C)C. The number of benzene rings is 2. The molecular weight excluding hydrogens is 391 g/mol. The average molecular weight is 427 g/mol. The predicted molar refractivity (Wildman–Crippen MR) is 123 cm³/mol. The lowest BCUT2D eigenvalue weighted by Crippen LogP contribution is -2.41.